The van der Waals surface area contributed by atoms with Gasteiger partial charge in [-0.05, 0) is 76.3 Å². The molecule has 0 amide bonds. The summed E-state index contributed by atoms with van der Waals surface area (Å²) in [6.45, 7) is 7.17. The summed E-state index contributed by atoms with van der Waals surface area (Å²) in [7, 11) is 3.99. The molecule has 3 rings (SSSR count). The Morgan fingerprint density at radius 1 is 1.06 bits per heavy atom. The van der Waals surface area contributed by atoms with Gasteiger partial charge in [0.2, 0.25) is 5.95 Å². The molecule has 0 bridgehead atoms. The first-order valence-corrected chi connectivity index (χ1v) is 11.5. The molecule has 7 nitrogen and oxygen atoms in total. The van der Waals surface area contributed by atoms with Gasteiger partial charge >= 0.3 is 0 Å². The van der Waals surface area contributed by atoms with Crippen molar-refractivity contribution in [2.45, 2.75) is 52.1 Å². The molecule has 1 saturated carbocycles. The van der Waals surface area contributed by atoms with Crippen LogP contribution in [0.15, 0.2) is 30.5 Å². The molecule has 0 radical (unpaired) electrons. The van der Waals surface area contributed by atoms with Crippen molar-refractivity contribution in [2.24, 2.45) is 5.92 Å². The SMILES string of the molecule is CCOc1ccc(OCC)c(CNCC2CCC(N(C)c3nccc(NC)n3)CC2)c1. The van der Waals surface area contributed by atoms with E-state index in [0.717, 1.165) is 41.9 Å². The van der Waals surface area contributed by atoms with Crippen LogP contribution in [-0.4, -0.2) is 49.9 Å². The Balaban J connectivity index is 1.48. The standard InChI is InChI=1S/C24H37N5O2/c1-5-30-21-11-12-22(31-6-2)19(15-21)17-26-16-18-7-9-20(10-8-18)29(4)24-27-14-13-23(25-3)28-24/h11-15,18,20,26H,5-10,16-17H2,1-4H3,(H,25,27,28). The zero-order chi connectivity index (χ0) is 22.1. The van der Waals surface area contributed by atoms with Crippen molar-refractivity contribution in [1.29, 1.82) is 0 Å². The Morgan fingerprint density at radius 2 is 1.84 bits per heavy atom. The smallest absolute Gasteiger partial charge is 0.227 e. The summed E-state index contributed by atoms with van der Waals surface area (Å²) in [5, 5.41) is 6.74. The molecule has 0 spiro atoms. The van der Waals surface area contributed by atoms with E-state index in [0.29, 0.717) is 25.2 Å². The van der Waals surface area contributed by atoms with Gasteiger partial charge in [-0.1, -0.05) is 0 Å². The molecule has 0 aliphatic heterocycles. The highest BCUT2D eigenvalue weighted by Gasteiger charge is 2.25. The third-order valence-corrected chi connectivity index (χ3v) is 5.97. The fourth-order valence-corrected chi connectivity index (χ4v) is 4.21. The molecule has 1 aliphatic rings. The molecule has 1 heterocycles. The van der Waals surface area contributed by atoms with Crippen LogP contribution in [0.5, 0.6) is 11.5 Å². The molecule has 2 aromatic rings. The summed E-state index contributed by atoms with van der Waals surface area (Å²) in [5.74, 6) is 4.18. The van der Waals surface area contributed by atoms with Gasteiger partial charge in [0, 0.05) is 38.4 Å². The zero-order valence-corrected chi connectivity index (χ0v) is 19.4. The van der Waals surface area contributed by atoms with Crippen LogP contribution in [0.1, 0.15) is 45.1 Å². The molecule has 7 heteroatoms. The van der Waals surface area contributed by atoms with Crippen molar-refractivity contribution in [3.63, 3.8) is 0 Å². The Bertz CT molecular complexity index is 808. The van der Waals surface area contributed by atoms with Crippen molar-refractivity contribution in [3.05, 3.63) is 36.0 Å². The average molecular weight is 428 g/mol. The van der Waals surface area contributed by atoms with Crippen LogP contribution in [0, 0.1) is 5.92 Å². The molecule has 170 valence electrons. The predicted molar refractivity (Wildman–Crippen MR) is 126 cm³/mol. The lowest BCUT2D eigenvalue weighted by atomic mass is 9.85. The van der Waals surface area contributed by atoms with Crippen LogP contribution >= 0.6 is 0 Å². The maximum Gasteiger partial charge on any atom is 0.227 e. The maximum absolute atomic E-state index is 5.79. The number of nitrogens with one attached hydrogen (secondary N) is 2. The first-order valence-electron chi connectivity index (χ1n) is 11.5. The van der Waals surface area contributed by atoms with Gasteiger partial charge in [-0.3, -0.25) is 0 Å². The number of rotatable bonds is 11. The molecule has 0 atom stereocenters. The van der Waals surface area contributed by atoms with Crippen LogP contribution in [0.3, 0.4) is 0 Å². The number of hydrogen-bond acceptors (Lipinski definition) is 7. The van der Waals surface area contributed by atoms with Crippen molar-refractivity contribution >= 4 is 11.8 Å². The second kappa shape index (κ2) is 11.7. The number of aromatic nitrogens is 2. The van der Waals surface area contributed by atoms with Gasteiger partial charge in [0.15, 0.2) is 0 Å². The monoisotopic (exact) mass is 427 g/mol. The molecule has 31 heavy (non-hydrogen) atoms. The Morgan fingerprint density at radius 3 is 2.55 bits per heavy atom. The molecule has 1 aromatic carbocycles. The minimum atomic E-state index is 0.496. The largest absolute Gasteiger partial charge is 0.494 e. The van der Waals surface area contributed by atoms with Crippen molar-refractivity contribution < 1.29 is 9.47 Å². The minimum absolute atomic E-state index is 0.496. The summed E-state index contributed by atoms with van der Waals surface area (Å²) in [6, 6.07) is 8.47. The fraction of sp³-hybridized carbons (Fsp3) is 0.583. The average Bonchev–Trinajstić information content (AvgIpc) is 2.81. The van der Waals surface area contributed by atoms with E-state index >= 15 is 0 Å². The Hall–Kier alpha value is -2.54. The number of hydrogen-bond donors (Lipinski definition) is 2. The third-order valence-electron chi connectivity index (χ3n) is 5.97. The maximum atomic E-state index is 5.79. The summed E-state index contributed by atoms with van der Waals surface area (Å²) in [4.78, 5) is 11.3. The highest BCUT2D eigenvalue weighted by atomic mass is 16.5. The third kappa shape index (κ3) is 6.47. The fourth-order valence-electron chi connectivity index (χ4n) is 4.21. The molecule has 2 N–H and O–H groups in total. The molecular formula is C24H37N5O2. The number of ether oxygens (including phenoxy) is 2. The second-order valence-electron chi connectivity index (χ2n) is 8.04. The number of benzene rings is 1. The molecule has 0 unspecified atom stereocenters. The van der Waals surface area contributed by atoms with E-state index in [9.17, 15) is 0 Å². The van der Waals surface area contributed by atoms with Gasteiger partial charge in [0.1, 0.15) is 17.3 Å². The molecule has 1 aromatic heterocycles. The Labute approximate surface area is 186 Å². The van der Waals surface area contributed by atoms with Crippen LogP contribution in [0.25, 0.3) is 0 Å². The highest BCUT2D eigenvalue weighted by molar-refractivity contribution is 5.41. The van der Waals surface area contributed by atoms with Crippen molar-refractivity contribution in [1.82, 2.24) is 15.3 Å². The van der Waals surface area contributed by atoms with Crippen LogP contribution in [0.2, 0.25) is 0 Å². The topological polar surface area (TPSA) is 71.5 Å². The molecular weight excluding hydrogens is 390 g/mol. The van der Waals surface area contributed by atoms with Gasteiger partial charge in [-0.2, -0.15) is 4.98 Å². The van der Waals surface area contributed by atoms with Crippen LogP contribution < -0.4 is 25.0 Å². The summed E-state index contributed by atoms with van der Waals surface area (Å²) < 4.78 is 11.5. The van der Waals surface area contributed by atoms with E-state index in [2.05, 4.69) is 38.6 Å². The van der Waals surface area contributed by atoms with Gasteiger partial charge in [-0.15, -0.1) is 0 Å². The number of anilines is 2. The highest BCUT2D eigenvalue weighted by Crippen LogP contribution is 2.29. The van der Waals surface area contributed by atoms with E-state index in [1.54, 1.807) is 0 Å². The van der Waals surface area contributed by atoms with Crippen LogP contribution in [-0.2, 0) is 6.54 Å². The van der Waals surface area contributed by atoms with Crippen LogP contribution in [0.4, 0.5) is 11.8 Å². The lowest BCUT2D eigenvalue weighted by Gasteiger charge is -2.35. The van der Waals surface area contributed by atoms with Gasteiger partial charge in [0.05, 0.1) is 13.2 Å². The van der Waals surface area contributed by atoms with E-state index in [-0.39, 0.29) is 0 Å². The van der Waals surface area contributed by atoms with Crippen molar-refractivity contribution in [2.75, 3.05) is 44.1 Å². The minimum Gasteiger partial charge on any atom is -0.494 e. The lowest BCUT2D eigenvalue weighted by Crippen LogP contribution is -2.38. The summed E-state index contributed by atoms with van der Waals surface area (Å²) >= 11 is 0. The first kappa shape index (κ1) is 23.1. The number of nitrogens with zero attached hydrogens (tertiary/aromatic N) is 3. The second-order valence-corrected chi connectivity index (χ2v) is 8.04. The predicted octanol–water partition coefficient (Wildman–Crippen LogP) is 4.10. The van der Waals surface area contributed by atoms with E-state index in [1.807, 2.05) is 45.3 Å². The quantitative estimate of drug-likeness (QED) is 0.559. The van der Waals surface area contributed by atoms with E-state index < -0.39 is 0 Å². The summed E-state index contributed by atoms with van der Waals surface area (Å²) in [5.41, 5.74) is 1.16. The van der Waals surface area contributed by atoms with Gasteiger partial charge in [0.25, 0.3) is 0 Å². The van der Waals surface area contributed by atoms with Gasteiger partial charge < -0.3 is 25.0 Å². The van der Waals surface area contributed by atoms with E-state index in [1.165, 1.54) is 25.7 Å². The Kier molecular flexibility index (Phi) is 8.76. The van der Waals surface area contributed by atoms with Crippen molar-refractivity contribution in [3.8, 4) is 11.5 Å². The van der Waals surface area contributed by atoms with Gasteiger partial charge in [-0.25, -0.2) is 4.98 Å². The van der Waals surface area contributed by atoms with E-state index in [4.69, 9.17) is 9.47 Å². The lowest BCUT2D eigenvalue weighted by molar-refractivity contribution is 0.304. The molecule has 0 saturated heterocycles. The molecule has 1 aliphatic carbocycles. The zero-order valence-electron chi connectivity index (χ0n) is 19.4. The first-order chi connectivity index (χ1) is 15.1. The normalized spacial score (nSPS) is 18.5. The summed E-state index contributed by atoms with van der Waals surface area (Å²) in [6.07, 6.45) is 6.58. The molecule has 1 fully saturated rings.